The minimum absolute atomic E-state index is 0.00851. The molecule has 1 amide bonds. The first kappa shape index (κ1) is 17.4. The van der Waals surface area contributed by atoms with Crippen molar-refractivity contribution in [1.29, 1.82) is 0 Å². The van der Waals surface area contributed by atoms with Crippen LogP contribution >= 0.6 is 11.6 Å². The highest BCUT2D eigenvalue weighted by Crippen LogP contribution is 2.33. The van der Waals surface area contributed by atoms with Crippen LogP contribution in [0.3, 0.4) is 0 Å². The zero-order valence-corrected chi connectivity index (χ0v) is 15.5. The van der Waals surface area contributed by atoms with Crippen LogP contribution < -0.4 is 5.32 Å². The quantitative estimate of drug-likeness (QED) is 0.707. The largest absolute Gasteiger partial charge is 0.325 e. The van der Waals surface area contributed by atoms with E-state index >= 15 is 0 Å². The molecule has 4 nitrogen and oxygen atoms in total. The summed E-state index contributed by atoms with van der Waals surface area (Å²) < 4.78 is 0. The molecular weight excluding hydrogens is 334 g/mol. The van der Waals surface area contributed by atoms with Gasteiger partial charge in [0.2, 0.25) is 5.91 Å². The van der Waals surface area contributed by atoms with Crippen molar-refractivity contribution >= 4 is 34.1 Å². The number of halogens is 1. The number of aryl methyl sites for hydroxylation is 2. The molecule has 0 radical (unpaired) electrons. The number of aromatic nitrogens is 2. The molecule has 0 aliphatic carbocycles. The summed E-state index contributed by atoms with van der Waals surface area (Å²) in [5.41, 5.74) is 5.38. The molecule has 0 unspecified atom stereocenters. The molecule has 0 aliphatic rings. The average Bonchev–Trinajstić information content (AvgIpc) is 2.57. The molecule has 0 bridgehead atoms. The molecule has 0 atom stereocenters. The molecule has 1 aromatic carbocycles. The van der Waals surface area contributed by atoms with E-state index in [9.17, 15) is 4.79 Å². The van der Waals surface area contributed by atoms with Gasteiger partial charge in [0.1, 0.15) is 0 Å². The van der Waals surface area contributed by atoms with Crippen molar-refractivity contribution in [1.82, 2.24) is 9.97 Å². The second-order valence-corrected chi connectivity index (χ2v) is 6.88. The fourth-order valence-corrected chi connectivity index (χ4v) is 2.99. The van der Waals surface area contributed by atoms with Gasteiger partial charge in [-0.3, -0.25) is 9.78 Å². The predicted octanol–water partition coefficient (Wildman–Crippen LogP) is 5.16. The van der Waals surface area contributed by atoms with Crippen molar-refractivity contribution in [2.24, 2.45) is 5.92 Å². The number of hydrogen-bond acceptors (Lipinski definition) is 3. The molecule has 0 spiro atoms. The van der Waals surface area contributed by atoms with E-state index in [2.05, 4.69) is 10.3 Å². The fourth-order valence-electron chi connectivity index (χ4n) is 2.77. The Balaban J connectivity index is 2.21. The first-order chi connectivity index (χ1) is 11.9. The third-order valence-corrected chi connectivity index (χ3v) is 4.49. The van der Waals surface area contributed by atoms with E-state index in [0.29, 0.717) is 5.02 Å². The molecule has 2 heterocycles. The summed E-state index contributed by atoms with van der Waals surface area (Å²) in [5.74, 6) is -0.0923. The third kappa shape index (κ3) is 3.35. The van der Waals surface area contributed by atoms with Crippen LogP contribution in [-0.4, -0.2) is 15.9 Å². The molecular formula is C20H20ClN3O. The predicted molar refractivity (Wildman–Crippen MR) is 103 cm³/mol. The maximum atomic E-state index is 12.1. The average molecular weight is 354 g/mol. The van der Waals surface area contributed by atoms with E-state index in [1.165, 1.54) is 0 Å². The van der Waals surface area contributed by atoms with Crippen LogP contribution in [-0.2, 0) is 4.79 Å². The first-order valence-corrected chi connectivity index (χ1v) is 8.58. The fraction of sp³-hybridized carbons (Fsp3) is 0.250. The zero-order chi connectivity index (χ0) is 18.1. The van der Waals surface area contributed by atoms with E-state index in [0.717, 1.165) is 39.0 Å². The van der Waals surface area contributed by atoms with Gasteiger partial charge < -0.3 is 5.32 Å². The van der Waals surface area contributed by atoms with Gasteiger partial charge in [0, 0.05) is 29.3 Å². The topological polar surface area (TPSA) is 54.9 Å². The van der Waals surface area contributed by atoms with Gasteiger partial charge in [-0.1, -0.05) is 31.5 Å². The van der Waals surface area contributed by atoms with E-state index < -0.39 is 0 Å². The molecule has 0 saturated heterocycles. The van der Waals surface area contributed by atoms with Crippen LogP contribution in [0.1, 0.15) is 25.0 Å². The SMILES string of the molecule is Cc1ccc(NC(=O)C(C)C)c2c(C)cc(-c3ccncc3Cl)nc12. The summed E-state index contributed by atoms with van der Waals surface area (Å²) in [7, 11) is 0. The second-order valence-electron chi connectivity index (χ2n) is 6.48. The maximum absolute atomic E-state index is 12.1. The number of amides is 1. The summed E-state index contributed by atoms with van der Waals surface area (Å²) in [6, 6.07) is 7.76. The lowest BCUT2D eigenvalue weighted by atomic mass is 10.0. The number of pyridine rings is 2. The van der Waals surface area contributed by atoms with E-state index in [1.54, 1.807) is 12.4 Å². The summed E-state index contributed by atoms with van der Waals surface area (Å²) in [5, 5.41) is 4.53. The van der Waals surface area contributed by atoms with Crippen molar-refractivity contribution in [2.75, 3.05) is 5.32 Å². The highest BCUT2D eigenvalue weighted by Gasteiger charge is 2.15. The molecule has 0 fully saturated rings. The summed E-state index contributed by atoms with van der Waals surface area (Å²) in [6.07, 6.45) is 3.32. The van der Waals surface area contributed by atoms with Gasteiger partial charge in [0.15, 0.2) is 0 Å². The lowest BCUT2D eigenvalue weighted by Crippen LogP contribution is -2.18. The Morgan fingerprint density at radius 2 is 1.92 bits per heavy atom. The Labute approximate surface area is 152 Å². The van der Waals surface area contributed by atoms with Gasteiger partial charge in [-0.2, -0.15) is 0 Å². The number of hydrogen-bond donors (Lipinski definition) is 1. The summed E-state index contributed by atoms with van der Waals surface area (Å²) in [4.78, 5) is 21.0. The molecule has 5 heteroatoms. The Morgan fingerprint density at radius 1 is 1.16 bits per heavy atom. The second kappa shape index (κ2) is 6.81. The van der Waals surface area contributed by atoms with Crippen molar-refractivity contribution in [2.45, 2.75) is 27.7 Å². The van der Waals surface area contributed by atoms with Crippen molar-refractivity contribution in [3.63, 3.8) is 0 Å². The molecule has 3 rings (SSSR count). The molecule has 0 aliphatic heterocycles. The number of nitrogens with one attached hydrogen (secondary N) is 1. The molecule has 2 aromatic heterocycles. The van der Waals surface area contributed by atoms with Crippen molar-refractivity contribution in [3.8, 4) is 11.3 Å². The number of anilines is 1. The van der Waals surface area contributed by atoms with Crippen molar-refractivity contribution in [3.05, 3.63) is 52.8 Å². The highest BCUT2D eigenvalue weighted by atomic mass is 35.5. The van der Waals surface area contributed by atoms with Gasteiger partial charge in [-0.05, 0) is 43.2 Å². The molecule has 3 aromatic rings. The smallest absolute Gasteiger partial charge is 0.226 e. The van der Waals surface area contributed by atoms with Gasteiger partial charge in [-0.25, -0.2) is 4.98 Å². The lowest BCUT2D eigenvalue weighted by Gasteiger charge is -2.15. The lowest BCUT2D eigenvalue weighted by molar-refractivity contribution is -0.118. The Morgan fingerprint density at radius 3 is 2.60 bits per heavy atom. The van der Waals surface area contributed by atoms with Crippen LogP contribution in [0.25, 0.3) is 22.2 Å². The monoisotopic (exact) mass is 353 g/mol. The number of carbonyl (C=O) groups is 1. The molecule has 1 N–H and O–H groups in total. The standard InChI is InChI=1S/C20H20ClN3O/c1-11(2)20(25)24-16-6-5-12(3)19-18(16)13(4)9-17(23-19)14-7-8-22-10-15(14)21/h5-11H,1-4H3,(H,24,25). The van der Waals surface area contributed by atoms with Crippen molar-refractivity contribution < 1.29 is 4.79 Å². The Bertz CT molecular complexity index is 967. The number of nitrogens with zero attached hydrogens (tertiary/aromatic N) is 2. The third-order valence-electron chi connectivity index (χ3n) is 4.19. The highest BCUT2D eigenvalue weighted by molar-refractivity contribution is 6.33. The zero-order valence-electron chi connectivity index (χ0n) is 14.7. The Hall–Kier alpha value is -2.46. The number of fused-ring (bicyclic) bond motifs is 1. The maximum Gasteiger partial charge on any atom is 0.226 e. The number of benzene rings is 1. The number of carbonyl (C=O) groups excluding carboxylic acids is 1. The van der Waals surface area contributed by atoms with Gasteiger partial charge >= 0.3 is 0 Å². The van der Waals surface area contributed by atoms with Crippen LogP contribution in [0.2, 0.25) is 5.02 Å². The number of rotatable bonds is 3. The van der Waals surface area contributed by atoms with E-state index in [-0.39, 0.29) is 11.8 Å². The van der Waals surface area contributed by atoms with Crippen LogP contribution in [0.15, 0.2) is 36.7 Å². The van der Waals surface area contributed by atoms with Gasteiger partial charge in [-0.15, -0.1) is 0 Å². The van der Waals surface area contributed by atoms with Gasteiger partial charge in [0.05, 0.1) is 21.9 Å². The minimum atomic E-state index is -0.0838. The van der Waals surface area contributed by atoms with Crippen LogP contribution in [0, 0.1) is 19.8 Å². The first-order valence-electron chi connectivity index (χ1n) is 8.20. The normalized spacial score (nSPS) is 11.1. The Kier molecular flexibility index (Phi) is 4.73. The van der Waals surface area contributed by atoms with Crippen LogP contribution in [0.4, 0.5) is 5.69 Å². The summed E-state index contributed by atoms with van der Waals surface area (Å²) in [6.45, 7) is 7.79. The van der Waals surface area contributed by atoms with Gasteiger partial charge in [0.25, 0.3) is 0 Å². The molecule has 25 heavy (non-hydrogen) atoms. The minimum Gasteiger partial charge on any atom is -0.325 e. The van der Waals surface area contributed by atoms with Crippen LogP contribution in [0.5, 0.6) is 0 Å². The summed E-state index contributed by atoms with van der Waals surface area (Å²) >= 11 is 6.28. The molecule has 128 valence electrons. The van der Waals surface area contributed by atoms with E-state index in [1.807, 2.05) is 52.0 Å². The molecule has 0 saturated carbocycles. The van der Waals surface area contributed by atoms with E-state index in [4.69, 9.17) is 16.6 Å².